The number of amides is 1. The normalized spacial score (nSPS) is 10.5. The first-order chi connectivity index (χ1) is 12.6. The van der Waals surface area contributed by atoms with Crippen molar-refractivity contribution < 1.29 is 9.53 Å². The molecule has 3 aromatic rings. The van der Waals surface area contributed by atoms with Gasteiger partial charge < -0.3 is 10.1 Å². The van der Waals surface area contributed by atoms with Crippen LogP contribution in [-0.2, 0) is 4.79 Å². The van der Waals surface area contributed by atoms with E-state index in [1.54, 1.807) is 36.4 Å². The summed E-state index contributed by atoms with van der Waals surface area (Å²) in [4.78, 5) is 12.0. The van der Waals surface area contributed by atoms with E-state index in [1.807, 2.05) is 12.1 Å². The second-order valence-corrected chi connectivity index (χ2v) is 7.22. The minimum absolute atomic E-state index is 0.122. The Labute approximate surface area is 164 Å². The maximum absolute atomic E-state index is 12.0. The lowest BCUT2D eigenvalue weighted by Gasteiger charge is -2.05. The summed E-state index contributed by atoms with van der Waals surface area (Å²) in [6.45, 7) is 0.446. The predicted molar refractivity (Wildman–Crippen MR) is 105 cm³/mol. The molecule has 0 atom stereocenters. The first-order valence-electron chi connectivity index (χ1n) is 7.88. The monoisotopic (exact) mass is 407 g/mol. The topological polar surface area (TPSA) is 64.1 Å². The van der Waals surface area contributed by atoms with Crippen molar-refractivity contribution in [1.29, 1.82) is 0 Å². The highest BCUT2D eigenvalue weighted by Crippen LogP contribution is 2.27. The highest BCUT2D eigenvalue weighted by molar-refractivity contribution is 7.18. The van der Waals surface area contributed by atoms with Crippen molar-refractivity contribution in [3.8, 4) is 16.3 Å². The van der Waals surface area contributed by atoms with E-state index < -0.39 is 0 Å². The van der Waals surface area contributed by atoms with Gasteiger partial charge in [0, 0.05) is 22.0 Å². The number of hydrogen-bond donors (Lipinski definition) is 1. The molecular weight excluding hydrogens is 393 g/mol. The van der Waals surface area contributed by atoms with Crippen LogP contribution in [0, 0.1) is 0 Å². The number of benzene rings is 2. The minimum atomic E-state index is -0.122. The van der Waals surface area contributed by atoms with Gasteiger partial charge in [0.05, 0.1) is 6.61 Å². The second kappa shape index (κ2) is 8.98. The summed E-state index contributed by atoms with van der Waals surface area (Å²) in [6.07, 6.45) is 0.931. The van der Waals surface area contributed by atoms with Crippen LogP contribution in [0.1, 0.15) is 12.8 Å². The number of carbonyl (C=O) groups is 1. The number of halogens is 2. The van der Waals surface area contributed by atoms with Crippen LogP contribution in [-0.4, -0.2) is 22.7 Å². The van der Waals surface area contributed by atoms with Gasteiger partial charge in [-0.1, -0.05) is 46.7 Å². The van der Waals surface area contributed by atoms with Gasteiger partial charge in [0.25, 0.3) is 0 Å². The molecule has 0 saturated heterocycles. The molecule has 2 aromatic carbocycles. The Morgan fingerprint density at radius 3 is 2.35 bits per heavy atom. The number of nitrogens with zero attached hydrogens (tertiary/aromatic N) is 2. The Kier molecular flexibility index (Phi) is 6.44. The van der Waals surface area contributed by atoms with E-state index in [0.29, 0.717) is 34.6 Å². The molecule has 1 aromatic heterocycles. The Balaban J connectivity index is 1.43. The zero-order valence-corrected chi connectivity index (χ0v) is 15.9. The van der Waals surface area contributed by atoms with Crippen molar-refractivity contribution in [1.82, 2.24) is 10.2 Å². The van der Waals surface area contributed by atoms with E-state index in [1.165, 1.54) is 11.3 Å². The quantitative estimate of drug-likeness (QED) is 0.538. The molecule has 0 spiro atoms. The fraction of sp³-hybridized carbons (Fsp3) is 0.167. The SMILES string of the molecule is O=C(CCCOc1ccc(Cl)cc1)Nc1nnc(-c2ccc(Cl)cc2)s1. The second-order valence-electron chi connectivity index (χ2n) is 5.37. The van der Waals surface area contributed by atoms with Crippen molar-refractivity contribution in [3.63, 3.8) is 0 Å². The van der Waals surface area contributed by atoms with Crippen molar-refractivity contribution >= 4 is 45.6 Å². The highest BCUT2D eigenvalue weighted by atomic mass is 35.5. The number of ether oxygens (including phenoxy) is 1. The summed E-state index contributed by atoms with van der Waals surface area (Å²) in [6, 6.07) is 14.4. The molecule has 0 aliphatic rings. The van der Waals surface area contributed by atoms with Crippen LogP contribution in [0.15, 0.2) is 48.5 Å². The molecule has 134 valence electrons. The van der Waals surface area contributed by atoms with Gasteiger partial charge >= 0.3 is 0 Å². The molecule has 1 heterocycles. The van der Waals surface area contributed by atoms with Crippen LogP contribution in [0.2, 0.25) is 10.0 Å². The number of nitrogens with one attached hydrogen (secondary N) is 1. The molecule has 8 heteroatoms. The largest absolute Gasteiger partial charge is 0.494 e. The van der Waals surface area contributed by atoms with Gasteiger partial charge in [-0.2, -0.15) is 0 Å². The minimum Gasteiger partial charge on any atom is -0.494 e. The van der Waals surface area contributed by atoms with Crippen LogP contribution in [0.5, 0.6) is 5.75 Å². The zero-order chi connectivity index (χ0) is 18.4. The number of aromatic nitrogens is 2. The standard InChI is InChI=1S/C18H15Cl2N3O2S/c19-13-5-3-12(4-6-13)17-22-23-18(26-17)21-16(24)2-1-11-25-15-9-7-14(20)8-10-15/h3-10H,1-2,11H2,(H,21,23,24). The van der Waals surface area contributed by atoms with Gasteiger partial charge in [0.15, 0.2) is 0 Å². The predicted octanol–water partition coefficient (Wildman–Crippen LogP) is 5.31. The van der Waals surface area contributed by atoms with Crippen molar-refractivity contribution in [2.45, 2.75) is 12.8 Å². The number of rotatable bonds is 7. The van der Waals surface area contributed by atoms with E-state index in [4.69, 9.17) is 27.9 Å². The number of carbonyl (C=O) groups excluding carboxylic acids is 1. The molecule has 1 N–H and O–H groups in total. The molecule has 0 radical (unpaired) electrons. The van der Waals surface area contributed by atoms with E-state index in [2.05, 4.69) is 15.5 Å². The molecule has 0 unspecified atom stereocenters. The van der Waals surface area contributed by atoms with Crippen LogP contribution in [0.25, 0.3) is 10.6 Å². The summed E-state index contributed by atoms with van der Waals surface area (Å²) in [5, 5.41) is 13.4. The van der Waals surface area contributed by atoms with Gasteiger partial charge in [-0.05, 0) is 42.8 Å². The maximum Gasteiger partial charge on any atom is 0.226 e. The van der Waals surface area contributed by atoms with E-state index in [9.17, 15) is 4.79 Å². The lowest BCUT2D eigenvalue weighted by molar-refractivity contribution is -0.116. The van der Waals surface area contributed by atoms with Crippen molar-refractivity contribution in [3.05, 3.63) is 58.6 Å². The van der Waals surface area contributed by atoms with Gasteiger partial charge in [0.1, 0.15) is 10.8 Å². The Bertz CT molecular complexity index is 867. The molecular formula is C18H15Cl2N3O2S. The van der Waals surface area contributed by atoms with Crippen LogP contribution in [0.3, 0.4) is 0 Å². The molecule has 0 aliphatic heterocycles. The summed E-state index contributed by atoms with van der Waals surface area (Å²) >= 11 is 13.0. The van der Waals surface area contributed by atoms with Crippen molar-refractivity contribution in [2.75, 3.05) is 11.9 Å². The Morgan fingerprint density at radius 1 is 1.00 bits per heavy atom. The molecule has 3 rings (SSSR count). The summed E-state index contributed by atoms with van der Waals surface area (Å²) in [5.74, 6) is 0.607. The number of hydrogen-bond acceptors (Lipinski definition) is 5. The van der Waals surface area contributed by atoms with E-state index in [-0.39, 0.29) is 5.91 Å². The van der Waals surface area contributed by atoms with Gasteiger partial charge in [-0.25, -0.2) is 0 Å². The molecule has 1 amide bonds. The van der Waals surface area contributed by atoms with Crippen LogP contribution in [0.4, 0.5) is 5.13 Å². The third kappa shape index (κ3) is 5.42. The first kappa shape index (κ1) is 18.6. The van der Waals surface area contributed by atoms with Crippen LogP contribution >= 0.6 is 34.5 Å². The van der Waals surface area contributed by atoms with Gasteiger partial charge in [-0.15, -0.1) is 10.2 Å². The zero-order valence-electron chi connectivity index (χ0n) is 13.6. The molecule has 0 aliphatic carbocycles. The highest BCUT2D eigenvalue weighted by Gasteiger charge is 2.09. The van der Waals surface area contributed by atoms with Crippen LogP contribution < -0.4 is 10.1 Å². The lowest BCUT2D eigenvalue weighted by Crippen LogP contribution is -2.12. The third-order valence-electron chi connectivity index (χ3n) is 3.39. The summed E-state index contributed by atoms with van der Waals surface area (Å²) in [7, 11) is 0. The maximum atomic E-state index is 12.0. The van der Waals surface area contributed by atoms with E-state index in [0.717, 1.165) is 16.3 Å². The summed E-state index contributed by atoms with van der Waals surface area (Å²) < 4.78 is 5.56. The third-order valence-corrected chi connectivity index (χ3v) is 4.78. The molecule has 26 heavy (non-hydrogen) atoms. The lowest BCUT2D eigenvalue weighted by atomic mass is 10.2. The smallest absolute Gasteiger partial charge is 0.226 e. The van der Waals surface area contributed by atoms with E-state index >= 15 is 0 Å². The Morgan fingerprint density at radius 2 is 1.65 bits per heavy atom. The number of anilines is 1. The van der Waals surface area contributed by atoms with Gasteiger partial charge in [-0.3, -0.25) is 4.79 Å². The molecule has 5 nitrogen and oxygen atoms in total. The molecule has 0 fully saturated rings. The summed E-state index contributed by atoms with van der Waals surface area (Å²) in [5.41, 5.74) is 0.906. The fourth-order valence-electron chi connectivity index (χ4n) is 2.12. The molecule has 0 bridgehead atoms. The van der Waals surface area contributed by atoms with Crippen molar-refractivity contribution in [2.24, 2.45) is 0 Å². The average Bonchev–Trinajstić information content (AvgIpc) is 3.09. The Hall–Kier alpha value is -2.15. The molecule has 0 saturated carbocycles. The fourth-order valence-corrected chi connectivity index (χ4v) is 3.14. The first-order valence-corrected chi connectivity index (χ1v) is 9.45. The van der Waals surface area contributed by atoms with Gasteiger partial charge in [0.2, 0.25) is 11.0 Å². The average molecular weight is 408 g/mol.